The molecule has 0 heterocycles. The van der Waals surface area contributed by atoms with Gasteiger partial charge in [-0.15, -0.1) is 0 Å². The quantitative estimate of drug-likeness (QED) is 0.486. The monoisotopic (exact) mass is 453 g/mol. The number of carbonyl (C=O) groups excluding carboxylic acids is 1. The van der Waals surface area contributed by atoms with E-state index in [-0.39, 0.29) is 24.8 Å². The Labute approximate surface area is 191 Å². The maximum Gasteiger partial charge on any atom is 0.255 e. The first-order chi connectivity index (χ1) is 16.0. The Balaban J connectivity index is 1.60. The summed E-state index contributed by atoms with van der Waals surface area (Å²) in [5.74, 6) is -0.263. The predicted octanol–water partition coefficient (Wildman–Crippen LogP) is 4.85. The molecule has 3 aromatic carbocycles. The smallest absolute Gasteiger partial charge is 0.255 e. The number of rotatable bonds is 9. The summed E-state index contributed by atoms with van der Waals surface area (Å²) >= 11 is 0. The van der Waals surface area contributed by atoms with E-state index in [1.54, 1.807) is 30.3 Å². The minimum Gasteiger partial charge on any atom is -0.494 e. The Kier molecular flexibility index (Phi) is 6.89. The van der Waals surface area contributed by atoms with Crippen molar-refractivity contribution in [3.8, 4) is 22.6 Å². The summed E-state index contributed by atoms with van der Waals surface area (Å²) in [6.07, 6.45) is 2.22. The van der Waals surface area contributed by atoms with Crippen molar-refractivity contribution in [2.45, 2.75) is 26.0 Å². The fraction of sp³-hybridized carbons (Fsp3) is 0.269. The average molecular weight is 453 g/mol. The van der Waals surface area contributed by atoms with Gasteiger partial charge in [-0.1, -0.05) is 18.2 Å². The van der Waals surface area contributed by atoms with Crippen LogP contribution in [-0.2, 0) is 13.2 Å². The molecule has 1 aliphatic carbocycles. The summed E-state index contributed by atoms with van der Waals surface area (Å²) in [4.78, 5) is 13.1. The number of halogens is 2. The van der Waals surface area contributed by atoms with Crippen molar-refractivity contribution in [3.05, 3.63) is 82.9 Å². The highest BCUT2D eigenvalue weighted by Crippen LogP contribution is 2.33. The molecule has 1 saturated carbocycles. The maximum absolute atomic E-state index is 14.0. The van der Waals surface area contributed by atoms with Gasteiger partial charge in [-0.3, -0.25) is 4.79 Å². The van der Waals surface area contributed by atoms with Crippen LogP contribution in [0.15, 0.2) is 54.6 Å². The topological polar surface area (TPSA) is 67.8 Å². The molecular weight excluding hydrogens is 428 g/mol. The van der Waals surface area contributed by atoms with Crippen molar-refractivity contribution < 1.29 is 28.2 Å². The first kappa shape index (κ1) is 22.7. The summed E-state index contributed by atoms with van der Waals surface area (Å²) in [5.41, 5.74) is 2.59. The summed E-state index contributed by atoms with van der Waals surface area (Å²) in [6, 6.07) is 13.8. The lowest BCUT2D eigenvalue weighted by atomic mass is 9.97. The van der Waals surface area contributed by atoms with Crippen molar-refractivity contribution in [1.82, 2.24) is 5.32 Å². The van der Waals surface area contributed by atoms with Gasteiger partial charge in [0.1, 0.15) is 11.6 Å². The summed E-state index contributed by atoms with van der Waals surface area (Å²) in [7, 11) is 1.39. The number of aliphatic hydroxyl groups excluding tert-OH is 1. The average Bonchev–Trinajstić information content (AvgIpc) is 3.65. The van der Waals surface area contributed by atoms with E-state index in [1.165, 1.54) is 31.4 Å². The van der Waals surface area contributed by atoms with Crippen molar-refractivity contribution in [3.63, 3.8) is 0 Å². The second-order valence-electron chi connectivity index (χ2n) is 8.08. The molecule has 0 bridgehead atoms. The molecule has 3 aromatic rings. The third-order valence-corrected chi connectivity index (χ3v) is 5.61. The largest absolute Gasteiger partial charge is 0.494 e. The number of carbonyl (C=O) groups is 1. The minimum atomic E-state index is -0.507. The molecule has 0 radical (unpaired) electrons. The zero-order chi connectivity index (χ0) is 23.4. The van der Waals surface area contributed by atoms with Gasteiger partial charge >= 0.3 is 0 Å². The van der Waals surface area contributed by atoms with Crippen LogP contribution in [0.25, 0.3) is 11.1 Å². The van der Waals surface area contributed by atoms with Crippen LogP contribution >= 0.6 is 0 Å². The normalized spacial score (nSPS) is 13.0. The lowest BCUT2D eigenvalue weighted by Crippen LogP contribution is -2.24. The Morgan fingerprint density at radius 2 is 1.85 bits per heavy atom. The zero-order valence-corrected chi connectivity index (χ0v) is 18.2. The molecule has 172 valence electrons. The van der Waals surface area contributed by atoms with Crippen LogP contribution in [0, 0.1) is 17.6 Å². The Hall–Kier alpha value is -3.45. The van der Waals surface area contributed by atoms with E-state index in [2.05, 4.69) is 5.32 Å². The highest BCUT2D eigenvalue weighted by atomic mass is 19.1. The first-order valence-corrected chi connectivity index (χ1v) is 10.8. The molecule has 1 fully saturated rings. The molecule has 33 heavy (non-hydrogen) atoms. The van der Waals surface area contributed by atoms with Crippen molar-refractivity contribution in [1.29, 1.82) is 0 Å². The maximum atomic E-state index is 14.0. The van der Waals surface area contributed by atoms with Crippen LogP contribution in [0.1, 0.15) is 34.3 Å². The van der Waals surface area contributed by atoms with Gasteiger partial charge in [-0.2, -0.15) is 0 Å². The highest BCUT2D eigenvalue weighted by molar-refractivity contribution is 5.98. The van der Waals surface area contributed by atoms with Gasteiger partial charge in [-0.25, -0.2) is 8.78 Å². The van der Waals surface area contributed by atoms with Crippen LogP contribution in [0.4, 0.5) is 8.78 Å². The number of benzene rings is 3. The fourth-order valence-corrected chi connectivity index (χ4v) is 3.57. The molecule has 2 N–H and O–H groups in total. The van der Waals surface area contributed by atoms with Gasteiger partial charge in [0.05, 0.1) is 25.9 Å². The van der Waals surface area contributed by atoms with Crippen LogP contribution < -0.4 is 14.8 Å². The number of amides is 1. The van der Waals surface area contributed by atoms with Gasteiger partial charge in [-0.05, 0) is 77.4 Å². The highest BCUT2D eigenvalue weighted by Gasteiger charge is 2.23. The molecule has 0 saturated heterocycles. The Morgan fingerprint density at radius 1 is 1.06 bits per heavy atom. The molecule has 7 heteroatoms. The molecule has 4 rings (SSSR count). The van der Waals surface area contributed by atoms with Crippen molar-refractivity contribution >= 4 is 5.91 Å². The van der Waals surface area contributed by atoms with E-state index in [0.717, 1.165) is 12.8 Å². The van der Waals surface area contributed by atoms with Gasteiger partial charge in [0.25, 0.3) is 5.91 Å². The fourth-order valence-electron chi connectivity index (χ4n) is 3.57. The summed E-state index contributed by atoms with van der Waals surface area (Å²) in [6.45, 7) is 0.309. The molecule has 0 aliphatic heterocycles. The third kappa shape index (κ3) is 5.49. The SMILES string of the molecule is COc1ccc(CNC(=O)c2cc(-c3ccc(F)cc3CO)ccc2OCC2CC2)cc1F. The zero-order valence-electron chi connectivity index (χ0n) is 18.2. The molecule has 1 aliphatic rings. The number of ether oxygens (including phenoxy) is 2. The Morgan fingerprint density at radius 3 is 2.55 bits per heavy atom. The van der Waals surface area contributed by atoms with E-state index < -0.39 is 11.6 Å². The van der Waals surface area contributed by atoms with Crippen LogP contribution in [-0.4, -0.2) is 24.7 Å². The van der Waals surface area contributed by atoms with Crippen LogP contribution in [0.5, 0.6) is 11.5 Å². The molecule has 5 nitrogen and oxygen atoms in total. The van der Waals surface area contributed by atoms with Gasteiger partial charge in [0.2, 0.25) is 0 Å². The minimum absolute atomic E-state index is 0.116. The van der Waals surface area contributed by atoms with Crippen LogP contribution in [0.3, 0.4) is 0 Å². The summed E-state index contributed by atoms with van der Waals surface area (Å²) < 4.78 is 38.4. The molecule has 1 amide bonds. The van der Waals surface area contributed by atoms with Crippen LogP contribution in [0.2, 0.25) is 0 Å². The number of methoxy groups -OCH3 is 1. The second kappa shape index (κ2) is 10.0. The second-order valence-corrected chi connectivity index (χ2v) is 8.08. The van der Waals surface area contributed by atoms with E-state index >= 15 is 0 Å². The number of hydrogen-bond acceptors (Lipinski definition) is 4. The molecule has 0 aromatic heterocycles. The molecule has 0 spiro atoms. The molecular formula is C26H25F2NO4. The van der Waals surface area contributed by atoms with E-state index in [1.807, 2.05) is 0 Å². The third-order valence-electron chi connectivity index (χ3n) is 5.61. The Bertz CT molecular complexity index is 1160. The lowest BCUT2D eigenvalue weighted by molar-refractivity contribution is 0.0946. The van der Waals surface area contributed by atoms with E-state index in [9.17, 15) is 18.7 Å². The summed E-state index contributed by atoms with van der Waals surface area (Å²) in [5, 5.41) is 12.5. The van der Waals surface area contributed by atoms with Crippen molar-refractivity contribution in [2.75, 3.05) is 13.7 Å². The first-order valence-electron chi connectivity index (χ1n) is 10.8. The molecule has 0 atom stereocenters. The molecule has 0 unspecified atom stereocenters. The number of nitrogens with one attached hydrogen (secondary N) is 1. The van der Waals surface area contributed by atoms with E-state index in [4.69, 9.17) is 9.47 Å². The van der Waals surface area contributed by atoms with E-state index in [0.29, 0.717) is 46.1 Å². The van der Waals surface area contributed by atoms with Gasteiger partial charge in [0.15, 0.2) is 11.6 Å². The number of aliphatic hydroxyl groups is 1. The standard InChI is InChI=1S/C26H25F2NO4/c1-32-25-8-4-17(10-23(25)28)13-29-26(31)22-12-18(5-9-24(22)33-15-16-2-3-16)21-7-6-20(27)11-19(21)14-30/h4-12,16,30H,2-3,13-15H2,1H3,(H,29,31). The lowest BCUT2D eigenvalue weighted by Gasteiger charge is -2.15. The predicted molar refractivity (Wildman–Crippen MR) is 120 cm³/mol. The van der Waals surface area contributed by atoms with Gasteiger partial charge in [0, 0.05) is 6.54 Å². The van der Waals surface area contributed by atoms with Crippen molar-refractivity contribution in [2.24, 2.45) is 5.92 Å². The number of hydrogen-bond donors (Lipinski definition) is 2. The van der Waals surface area contributed by atoms with Gasteiger partial charge < -0.3 is 19.9 Å².